The molecule has 1 aromatic heterocycles. The minimum atomic E-state index is -0.695. The normalized spacial score (nSPS) is 17.2. The third kappa shape index (κ3) is 13.4. The van der Waals surface area contributed by atoms with Gasteiger partial charge in [-0.05, 0) is 56.1 Å². The number of nitrogens with one attached hydrogen (secondary N) is 4. The zero-order valence-corrected chi connectivity index (χ0v) is 29.7. The van der Waals surface area contributed by atoms with E-state index in [1.165, 1.54) is 17.8 Å². The molecule has 1 aliphatic heterocycles. The molecule has 12 heteroatoms. The fourth-order valence-corrected chi connectivity index (χ4v) is 7.15. The van der Waals surface area contributed by atoms with E-state index in [-0.39, 0.29) is 36.7 Å². The largest absolute Gasteiger partial charge is 0.444 e. The number of alkyl carbamates (subject to hydrolysis) is 1. The first-order valence-electron chi connectivity index (χ1n) is 18.1. The average Bonchev–Trinajstić information content (AvgIpc) is 3.67. The van der Waals surface area contributed by atoms with Crippen LogP contribution in [0.3, 0.4) is 0 Å². The van der Waals surface area contributed by atoms with Crippen molar-refractivity contribution >= 4 is 29.4 Å². The van der Waals surface area contributed by atoms with Crippen molar-refractivity contribution in [3.8, 4) is 0 Å². The van der Waals surface area contributed by atoms with Crippen molar-refractivity contribution in [3.63, 3.8) is 0 Å². The highest BCUT2D eigenvalue weighted by atomic mass is 32.1. The van der Waals surface area contributed by atoms with E-state index in [1.54, 1.807) is 11.7 Å². The van der Waals surface area contributed by atoms with Gasteiger partial charge in [0.1, 0.15) is 12.6 Å². The first-order chi connectivity index (χ1) is 24.5. The van der Waals surface area contributed by atoms with Gasteiger partial charge in [0.25, 0.3) is 0 Å². The first-order valence-corrected chi connectivity index (χ1v) is 18.9. The van der Waals surface area contributed by atoms with Crippen LogP contribution in [0.2, 0.25) is 0 Å². The number of morpholine rings is 1. The van der Waals surface area contributed by atoms with Gasteiger partial charge in [0.15, 0.2) is 0 Å². The third-order valence-corrected chi connectivity index (χ3v) is 10.2. The second-order valence-corrected chi connectivity index (χ2v) is 14.3. The second-order valence-electron chi connectivity index (χ2n) is 13.3. The van der Waals surface area contributed by atoms with Crippen molar-refractivity contribution in [3.05, 3.63) is 88.4 Å². The van der Waals surface area contributed by atoms with Crippen molar-refractivity contribution in [2.24, 2.45) is 0 Å². The lowest BCUT2D eigenvalue weighted by Crippen LogP contribution is -2.55. The number of rotatable bonds is 17. The van der Waals surface area contributed by atoms with E-state index < -0.39 is 12.1 Å². The number of carbonyl (C=O) groups excluding carboxylic acids is 3. The Hall–Kier alpha value is -4.00. The molecule has 0 spiro atoms. The van der Waals surface area contributed by atoms with Crippen LogP contribution in [0.1, 0.15) is 67.4 Å². The van der Waals surface area contributed by atoms with Crippen molar-refractivity contribution in [1.29, 1.82) is 0 Å². The van der Waals surface area contributed by atoms with Gasteiger partial charge >= 0.3 is 12.1 Å². The molecular formula is C38H52N6O5S. The lowest BCUT2D eigenvalue weighted by molar-refractivity contribution is -0.124. The maximum absolute atomic E-state index is 14.1. The van der Waals surface area contributed by atoms with Gasteiger partial charge in [-0.1, -0.05) is 79.9 Å². The number of thiazole rings is 1. The van der Waals surface area contributed by atoms with Crippen molar-refractivity contribution < 1.29 is 23.9 Å². The lowest BCUT2D eigenvalue weighted by Gasteiger charge is -2.30. The molecule has 4 N–H and O–H groups in total. The summed E-state index contributed by atoms with van der Waals surface area (Å²) >= 11 is 1.44. The topological polar surface area (TPSA) is 134 Å². The van der Waals surface area contributed by atoms with Gasteiger partial charge < -0.3 is 30.7 Å². The predicted molar refractivity (Wildman–Crippen MR) is 195 cm³/mol. The monoisotopic (exact) mass is 704 g/mol. The van der Waals surface area contributed by atoms with E-state index >= 15 is 0 Å². The summed E-state index contributed by atoms with van der Waals surface area (Å²) in [6, 6.07) is 18.8. The summed E-state index contributed by atoms with van der Waals surface area (Å²) in [7, 11) is 0. The Morgan fingerprint density at radius 3 is 2.10 bits per heavy atom. The minimum absolute atomic E-state index is 0.139. The summed E-state index contributed by atoms with van der Waals surface area (Å²) in [5, 5.41) is 12.5. The number of benzene rings is 2. The van der Waals surface area contributed by atoms with Crippen LogP contribution >= 0.6 is 11.3 Å². The second kappa shape index (κ2) is 20.6. The molecule has 2 fully saturated rings. The number of hydrogen-bond acceptors (Lipinski definition) is 8. The Balaban J connectivity index is 1.26. The van der Waals surface area contributed by atoms with Gasteiger partial charge in [-0.2, -0.15) is 0 Å². The molecule has 11 nitrogen and oxygen atoms in total. The Morgan fingerprint density at radius 1 is 0.840 bits per heavy atom. The maximum atomic E-state index is 14.1. The van der Waals surface area contributed by atoms with Crippen LogP contribution in [0.4, 0.5) is 9.59 Å². The molecule has 3 atom stereocenters. The van der Waals surface area contributed by atoms with Crippen LogP contribution in [0.15, 0.2) is 72.4 Å². The molecule has 1 saturated carbocycles. The zero-order chi connectivity index (χ0) is 34.8. The van der Waals surface area contributed by atoms with Crippen LogP contribution in [0.5, 0.6) is 0 Å². The summed E-state index contributed by atoms with van der Waals surface area (Å²) in [6.07, 6.45) is 9.50. The maximum Gasteiger partial charge on any atom is 0.407 e. The van der Waals surface area contributed by atoms with Crippen molar-refractivity contribution in [1.82, 2.24) is 31.2 Å². The van der Waals surface area contributed by atoms with Crippen LogP contribution in [0.25, 0.3) is 0 Å². The van der Waals surface area contributed by atoms with E-state index in [0.29, 0.717) is 51.9 Å². The molecule has 2 aromatic carbocycles. The number of amides is 4. The SMILES string of the molecule is O=C(NC1CCCCC1)NC(CCN1CCOCC1)C(=O)NC(CCC(Cc1ccccc1)NC(=O)OCc1cncs1)Cc1ccccc1. The molecule has 0 radical (unpaired) electrons. The highest BCUT2D eigenvalue weighted by molar-refractivity contribution is 7.09. The van der Waals surface area contributed by atoms with Gasteiger partial charge in [-0.15, -0.1) is 11.3 Å². The van der Waals surface area contributed by atoms with E-state index in [2.05, 4.69) is 43.3 Å². The molecule has 0 bridgehead atoms. The molecule has 5 rings (SSSR count). The molecule has 2 aliphatic rings. The predicted octanol–water partition coefficient (Wildman–Crippen LogP) is 5.21. The van der Waals surface area contributed by atoms with Crippen LogP contribution < -0.4 is 21.3 Å². The number of carbonyl (C=O) groups is 3. The third-order valence-electron chi connectivity index (χ3n) is 9.41. The standard InChI is InChI=1S/C38H52N6O5S/c45-36(35(18-19-44-20-22-48-23-21-44)43-37(46)41-31-14-8-3-9-15-31)40-32(24-29-10-4-1-5-11-29)16-17-33(25-30-12-6-2-7-13-30)42-38(47)49-27-34-26-39-28-50-34/h1-2,4-7,10-13,26,28,31-33,35H,3,8-9,14-25,27H2,(H,40,45)(H,42,47)(H2,41,43,46). The van der Waals surface area contributed by atoms with Gasteiger partial charge in [0.2, 0.25) is 5.91 Å². The van der Waals surface area contributed by atoms with E-state index in [1.807, 2.05) is 48.5 Å². The molecule has 3 unspecified atom stereocenters. The lowest BCUT2D eigenvalue weighted by atomic mass is 9.95. The van der Waals surface area contributed by atoms with Gasteiger partial charge in [0.05, 0.1) is 23.6 Å². The Labute approximate surface area is 299 Å². The molecule has 1 saturated heterocycles. The summed E-state index contributed by atoms with van der Waals surface area (Å²) in [4.78, 5) is 47.4. The number of aromatic nitrogens is 1. The Kier molecular flexibility index (Phi) is 15.4. The fourth-order valence-electron chi connectivity index (χ4n) is 6.65. The van der Waals surface area contributed by atoms with Gasteiger partial charge in [-0.3, -0.25) is 14.7 Å². The molecular weight excluding hydrogens is 653 g/mol. The average molecular weight is 705 g/mol. The van der Waals surface area contributed by atoms with E-state index in [9.17, 15) is 14.4 Å². The number of hydrogen-bond donors (Lipinski definition) is 4. The summed E-state index contributed by atoms with van der Waals surface area (Å²) in [5.74, 6) is -0.200. The summed E-state index contributed by atoms with van der Waals surface area (Å²) < 4.78 is 11.0. The quantitative estimate of drug-likeness (QED) is 0.152. The van der Waals surface area contributed by atoms with Crippen molar-refractivity contribution in [2.45, 2.75) is 95.0 Å². The highest BCUT2D eigenvalue weighted by Gasteiger charge is 2.27. The van der Waals surface area contributed by atoms with E-state index in [4.69, 9.17) is 9.47 Å². The number of urea groups is 1. The van der Waals surface area contributed by atoms with Crippen LogP contribution in [-0.4, -0.2) is 84.9 Å². The van der Waals surface area contributed by atoms with Gasteiger partial charge in [0, 0.05) is 44.0 Å². The van der Waals surface area contributed by atoms with Crippen LogP contribution in [-0.2, 0) is 33.7 Å². The number of nitrogens with zero attached hydrogens (tertiary/aromatic N) is 2. The van der Waals surface area contributed by atoms with Gasteiger partial charge in [-0.25, -0.2) is 9.59 Å². The molecule has 2 heterocycles. The van der Waals surface area contributed by atoms with Crippen molar-refractivity contribution in [2.75, 3.05) is 32.8 Å². The smallest absolute Gasteiger partial charge is 0.407 e. The summed E-state index contributed by atoms with van der Waals surface area (Å²) in [6.45, 7) is 3.80. The van der Waals surface area contributed by atoms with Crippen LogP contribution in [0, 0.1) is 0 Å². The number of ether oxygens (including phenoxy) is 2. The molecule has 270 valence electrons. The fraction of sp³-hybridized carbons (Fsp3) is 0.526. The zero-order valence-electron chi connectivity index (χ0n) is 28.9. The van der Waals surface area contributed by atoms with E-state index in [0.717, 1.165) is 54.8 Å². The Bertz CT molecular complexity index is 1420. The minimum Gasteiger partial charge on any atom is -0.444 e. The highest BCUT2D eigenvalue weighted by Crippen LogP contribution is 2.18. The summed E-state index contributed by atoms with van der Waals surface area (Å²) in [5.41, 5.74) is 3.91. The Morgan fingerprint density at radius 2 is 1.48 bits per heavy atom. The first kappa shape index (κ1) is 37.3. The molecule has 1 aliphatic carbocycles. The molecule has 4 amide bonds. The molecule has 3 aromatic rings. The molecule has 50 heavy (non-hydrogen) atoms.